The number of nitrogens with one attached hydrogen (secondary N) is 1. The van der Waals surface area contributed by atoms with E-state index in [9.17, 15) is 9.59 Å². The average molecular weight is 262 g/mol. The van der Waals surface area contributed by atoms with Crippen molar-refractivity contribution in [1.82, 2.24) is 10.2 Å². The van der Waals surface area contributed by atoms with Gasteiger partial charge in [0.15, 0.2) is 0 Å². The summed E-state index contributed by atoms with van der Waals surface area (Å²) in [7, 11) is 1.66. The van der Waals surface area contributed by atoms with Crippen molar-refractivity contribution in [3.05, 3.63) is 35.4 Å². The molecule has 2 amide bonds. The predicted molar refractivity (Wildman–Crippen MR) is 75.6 cm³/mol. The number of aryl methyl sites for hydroxylation is 1. The highest BCUT2D eigenvalue weighted by molar-refractivity contribution is 6.34. The molecule has 0 saturated carbocycles. The Labute approximate surface area is 114 Å². The highest BCUT2D eigenvalue weighted by Crippen LogP contribution is 2.02. The van der Waals surface area contributed by atoms with E-state index in [-0.39, 0.29) is 0 Å². The normalized spacial score (nSPS) is 10.1. The second kappa shape index (κ2) is 7.56. The Morgan fingerprint density at radius 2 is 1.84 bits per heavy atom. The summed E-state index contributed by atoms with van der Waals surface area (Å²) >= 11 is 0. The van der Waals surface area contributed by atoms with Crippen molar-refractivity contribution in [3.8, 4) is 0 Å². The van der Waals surface area contributed by atoms with E-state index < -0.39 is 11.8 Å². The van der Waals surface area contributed by atoms with E-state index in [2.05, 4.69) is 12.2 Å². The predicted octanol–water partition coefficient (Wildman–Crippen LogP) is 1.87. The van der Waals surface area contributed by atoms with Crippen molar-refractivity contribution in [1.29, 1.82) is 0 Å². The average Bonchev–Trinajstić information content (AvgIpc) is 2.42. The molecule has 0 aliphatic rings. The van der Waals surface area contributed by atoms with Crippen LogP contribution in [-0.4, -0.2) is 30.3 Å². The molecule has 0 unspecified atom stereocenters. The van der Waals surface area contributed by atoms with E-state index in [4.69, 9.17) is 0 Å². The highest BCUT2D eigenvalue weighted by Gasteiger charge is 2.17. The Morgan fingerprint density at radius 3 is 2.42 bits per heavy atom. The molecule has 1 N–H and O–H groups in total. The molecule has 0 aliphatic carbocycles. The SMILES string of the molecule is CCCCN(C)C(=O)C(=O)NCc1ccc(C)cc1. The first-order valence-corrected chi connectivity index (χ1v) is 6.63. The fraction of sp³-hybridized carbons (Fsp3) is 0.467. The van der Waals surface area contributed by atoms with Gasteiger partial charge in [-0.25, -0.2) is 0 Å². The number of nitrogens with zero attached hydrogens (tertiary/aromatic N) is 1. The zero-order valence-corrected chi connectivity index (χ0v) is 11.9. The fourth-order valence-electron chi connectivity index (χ4n) is 1.63. The zero-order valence-electron chi connectivity index (χ0n) is 11.9. The number of hydrogen-bond donors (Lipinski definition) is 1. The minimum atomic E-state index is -0.542. The molecular formula is C15H22N2O2. The Kier molecular flexibility index (Phi) is 6.06. The van der Waals surface area contributed by atoms with Crippen LogP contribution in [-0.2, 0) is 16.1 Å². The Balaban J connectivity index is 2.42. The molecule has 0 aromatic heterocycles. The fourth-order valence-corrected chi connectivity index (χ4v) is 1.63. The van der Waals surface area contributed by atoms with Crippen molar-refractivity contribution in [3.63, 3.8) is 0 Å². The second-order valence-electron chi connectivity index (χ2n) is 4.75. The number of carbonyl (C=O) groups excluding carboxylic acids is 2. The third kappa shape index (κ3) is 5.12. The number of benzene rings is 1. The second-order valence-corrected chi connectivity index (χ2v) is 4.75. The first-order valence-electron chi connectivity index (χ1n) is 6.63. The molecule has 0 bridgehead atoms. The Hall–Kier alpha value is -1.84. The lowest BCUT2D eigenvalue weighted by molar-refractivity contribution is -0.145. The number of rotatable bonds is 5. The van der Waals surface area contributed by atoms with E-state index in [1.807, 2.05) is 31.2 Å². The lowest BCUT2D eigenvalue weighted by atomic mass is 10.1. The number of carbonyl (C=O) groups is 2. The van der Waals surface area contributed by atoms with Crippen molar-refractivity contribution < 1.29 is 9.59 Å². The molecule has 1 aromatic carbocycles. The third-order valence-corrected chi connectivity index (χ3v) is 2.96. The minimum Gasteiger partial charge on any atom is -0.344 e. The van der Waals surface area contributed by atoms with Gasteiger partial charge in [0.25, 0.3) is 0 Å². The van der Waals surface area contributed by atoms with Gasteiger partial charge in [-0.1, -0.05) is 43.2 Å². The highest BCUT2D eigenvalue weighted by atomic mass is 16.2. The van der Waals surface area contributed by atoms with Gasteiger partial charge in [0.2, 0.25) is 0 Å². The van der Waals surface area contributed by atoms with Crippen LogP contribution in [0.25, 0.3) is 0 Å². The van der Waals surface area contributed by atoms with Crippen LogP contribution in [0.3, 0.4) is 0 Å². The van der Waals surface area contributed by atoms with Crippen LogP contribution in [0.2, 0.25) is 0 Å². The molecular weight excluding hydrogens is 240 g/mol. The maximum atomic E-state index is 11.7. The number of amides is 2. The van der Waals surface area contributed by atoms with Crippen LogP contribution in [0, 0.1) is 6.92 Å². The van der Waals surface area contributed by atoms with E-state index in [0.29, 0.717) is 13.1 Å². The largest absolute Gasteiger partial charge is 0.344 e. The topological polar surface area (TPSA) is 49.4 Å². The van der Waals surface area contributed by atoms with E-state index in [0.717, 1.165) is 18.4 Å². The number of hydrogen-bond acceptors (Lipinski definition) is 2. The maximum Gasteiger partial charge on any atom is 0.311 e. The van der Waals surface area contributed by atoms with Crippen molar-refractivity contribution in [2.45, 2.75) is 33.2 Å². The summed E-state index contributed by atoms with van der Waals surface area (Å²) < 4.78 is 0. The third-order valence-electron chi connectivity index (χ3n) is 2.96. The standard InChI is InChI=1S/C15H22N2O2/c1-4-5-10-17(3)15(19)14(18)16-11-13-8-6-12(2)7-9-13/h6-9H,4-5,10-11H2,1-3H3,(H,16,18). The summed E-state index contributed by atoms with van der Waals surface area (Å²) in [5, 5.41) is 2.65. The first kappa shape index (κ1) is 15.2. The molecule has 104 valence electrons. The van der Waals surface area contributed by atoms with Crippen molar-refractivity contribution >= 4 is 11.8 Å². The molecule has 0 heterocycles. The molecule has 1 rings (SSSR count). The summed E-state index contributed by atoms with van der Waals surface area (Å²) in [6.45, 7) is 5.06. The molecule has 0 aliphatic heterocycles. The van der Waals surface area contributed by atoms with E-state index in [1.54, 1.807) is 7.05 Å². The van der Waals surface area contributed by atoms with Crippen LogP contribution >= 0.6 is 0 Å². The molecule has 0 saturated heterocycles. The van der Waals surface area contributed by atoms with Crippen LogP contribution < -0.4 is 5.32 Å². The summed E-state index contributed by atoms with van der Waals surface area (Å²) in [4.78, 5) is 24.9. The summed E-state index contributed by atoms with van der Waals surface area (Å²) in [5.41, 5.74) is 2.16. The Bertz CT molecular complexity index is 426. The van der Waals surface area contributed by atoms with Crippen molar-refractivity contribution in [2.24, 2.45) is 0 Å². The molecule has 4 heteroatoms. The van der Waals surface area contributed by atoms with Gasteiger partial charge in [-0.2, -0.15) is 0 Å². The summed E-state index contributed by atoms with van der Waals surface area (Å²) in [6, 6.07) is 7.86. The molecule has 1 aromatic rings. The molecule has 0 radical (unpaired) electrons. The lowest BCUT2D eigenvalue weighted by Crippen LogP contribution is -2.41. The van der Waals surface area contributed by atoms with Crippen LogP contribution in [0.1, 0.15) is 30.9 Å². The lowest BCUT2D eigenvalue weighted by Gasteiger charge is -2.16. The number of likely N-dealkylation sites (N-methyl/N-ethyl adjacent to an activating group) is 1. The summed E-state index contributed by atoms with van der Waals surface area (Å²) in [5.74, 6) is -1.01. The van der Waals surface area contributed by atoms with Gasteiger partial charge in [0.1, 0.15) is 0 Å². The number of unbranched alkanes of at least 4 members (excludes halogenated alkanes) is 1. The van der Waals surface area contributed by atoms with Crippen LogP contribution in [0.5, 0.6) is 0 Å². The quantitative estimate of drug-likeness (QED) is 0.824. The zero-order chi connectivity index (χ0) is 14.3. The molecule has 0 fully saturated rings. The van der Waals surface area contributed by atoms with Gasteiger partial charge >= 0.3 is 11.8 Å². The minimum absolute atomic E-state index is 0.381. The van der Waals surface area contributed by atoms with Gasteiger partial charge in [-0.15, -0.1) is 0 Å². The van der Waals surface area contributed by atoms with Gasteiger partial charge in [-0.3, -0.25) is 9.59 Å². The first-order chi connectivity index (χ1) is 9.04. The van der Waals surface area contributed by atoms with Gasteiger partial charge < -0.3 is 10.2 Å². The Morgan fingerprint density at radius 1 is 1.21 bits per heavy atom. The van der Waals surface area contributed by atoms with Crippen molar-refractivity contribution in [2.75, 3.05) is 13.6 Å². The van der Waals surface area contributed by atoms with Gasteiger partial charge in [-0.05, 0) is 18.9 Å². The van der Waals surface area contributed by atoms with Crippen LogP contribution in [0.15, 0.2) is 24.3 Å². The molecule has 19 heavy (non-hydrogen) atoms. The van der Waals surface area contributed by atoms with Crippen LogP contribution in [0.4, 0.5) is 0 Å². The van der Waals surface area contributed by atoms with Gasteiger partial charge in [0.05, 0.1) is 0 Å². The maximum absolute atomic E-state index is 11.7. The van der Waals surface area contributed by atoms with E-state index >= 15 is 0 Å². The molecule has 4 nitrogen and oxygen atoms in total. The van der Waals surface area contributed by atoms with E-state index in [1.165, 1.54) is 10.5 Å². The monoisotopic (exact) mass is 262 g/mol. The molecule has 0 atom stereocenters. The molecule has 0 spiro atoms. The van der Waals surface area contributed by atoms with Gasteiger partial charge in [0, 0.05) is 20.1 Å². The smallest absolute Gasteiger partial charge is 0.311 e. The summed E-state index contributed by atoms with van der Waals surface area (Å²) in [6.07, 6.45) is 1.91.